The number of nitrogens with two attached hydrogens (primary N) is 5. The van der Waals surface area contributed by atoms with Gasteiger partial charge in [0.2, 0.25) is 23.6 Å². The SMILES string of the molecule is CSCCC(NC(=O)C(CCCN=C(N)N)NC(=O)C(N)CC(N)=O)C(=O)NC(CCCCN)C(=O)O. The molecule has 0 aliphatic carbocycles. The minimum Gasteiger partial charge on any atom is -0.480 e. The summed E-state index contributed by atoms with van der Waals surface area (Å²) in [6, 6.07) is -4.61. The quantitative estimate of drug-likeness (QED) is 0.0412. The Hall–Kier alpha value is -3.11. The first-order valence-electron chi connectivity index (χ1n) is 11.8. The van der Waals surface area contributed by atoms with Crippen LogP contribution >= 0.6 is 11.8 Å². The fraction of sp³-hybridized carbons (Fsp3) is 0.714. The molecule has 0 rings (SSSR count). The van der Waals surface area contributed by atoms with Crippen LogP contribution in [0.1, 0.15) is 44.9 Å². The van der Waals surface area contributed by atoms with Gasteiger partial charge in [0.05, 0.1) is 12.5 Å². The topological polar surface area (TPSA) is 284 Å². The summed E-state index contributed by atoms with van der Waals surface area (Å²) in [5, 5.41) is 17.0. The van der Waals surface area contributed by atoms with Crippen LogP contribution in [0.3, 0.4) is 0 Å². The average molecular weight is 548 g/mol. The molecule has 16 heteroatoms. The molecular formula is C21H41N9O6S. The first-order chi connectivity index (χ1) is 17.4. The van der Waals surface area contributed by atoms with Crippen molar-refractivity contribution in [3.8, 4) is 0 Å². The van der Waals surface area contributed by atoms with E-state index < -0.39 is 60.2 Å². The number of carboxylic acid groups (broad SMARTS) is 1. The van der Waals surface area contributed by atoms with Gasteiger partial charge in [-0.15, -0.1) is 0 Å². The zero-order chi connectivity index (χ0) is 28.4. The number of carbonyl (C=O) groups is 5. The van der Waals surface area contributed by atoms with Crippen LogP contribution in [0.5, 0.6) is 0 Å². The number of unbranched alkanes of at least 4 members (excludes halogenated alkanes) is 1. The summed E-state index contributed by atoms with van der Waals surface area (Å²) in [4.78, 5) is 65.0. The van der Waals surface area contributed by atoms with Crippen molar-refractivity contribution in [2.24, 2.45) is 33.7 Å². The minimum atomic E-state index is -1.27. The Kier molecular flexibility index (Phi) is 17.5. The van der Waals surface area contributed by atoms with Crippen LogP contribution in [0.4, 0.5) is 0 Å². The summed E-state index contributed by atoms with van der Waals surface area (Å²) >= 11 is 1.43. The number of aliphatic imine (C=N–C) groups is 1. The molecule has 0 radical (unpaired) electrons. The highest BCUT2D eigenvalue weighted by Gasteiger charge is 2.30. The number of carboxylic acids is 1. The third-order valence-corrected chi connectivity index (χ3v) is 5.79. The van der Waals surface area contributed by atoms with Crippen LogP contribution < -0.4 is 44.6 Å². The average Bonchev–Trinajstić information content (AvgIpc) is 2.81. The molecule has 14 N–H and O–H groups in total. The van der Waals surface area contributed by atoms with Crippen LogP contribution in [0.2, 0.25) is 0 Å². The summed E-state index contributed by atoms with van der Waals surface area (Å²) in [7, 11) is 0. The number of hydrogen-bond donors (Lipinski definition) is 9. The summed E-state index contributed by atoms with van der Waals surface area (Å²) in [6.07, 6.45) is 3.28. The van der Waals surface area contributed by atoms with Gasteiger partial charge < -0.3 is 49.7 Å². The lowest BCUT2D eigenvalue weighted by molar-refractivity contribution is -0.142. The van der Waals surface area contributed by atoms with Crippen LogP contribution in [-0.2, 0) is 24.0 Å². The molecule has 0 aromatic carbocycles. The maximum absolute atomic E-state index is 13.1. The summed E-state index contributed by atoms with van der Waals surface area (Å²) in [6.45, 7) is 0.570. The Morgan fingerprint density at radius 2 is 1.38 bits per heavy atom. The number of guanidine groups is 1. The molecule has 0 aliphatic rings. The lowest BCUT2D eigenvalue weighted by Crippen LogP contribution is -2.57. The number of nitrogens with zero attached hydrogens (tertiary/aromatic N) is 1. The van der Waals surface area contributed by atoms with Crippen LogP contribution in [-0.4, -0.2) is 89.9 Å². The molecule has 0 aliphatic heterocycles. The third-order valence-electron chi connectivity index (χ3n) is 5.14. The van der Waals surface area contributed by atoms with Gasteiger partial charge in [-0.3, -0.25) is 24.2 Å². The maximum atomic E-state index is 13.1. The normalized spacial score (nSPS) is 13.9. The van der Waals surface area contributed by atoms with Crippen LogP contribution in [0.25, 0.3) is 0 Å². The Morgan fingerprint density at radius 3 is 1.89 bits per heavy atom. The smallest absolute Gasteiger partial charge is 0.326 e. The van der Waals surface area contributed by atoms with Crippen molar-refractivity contribution in [2.75, 3.05) is 25.1 Å². The van der Waals surface area contributed by atoms with Crippen molar-refractivity contribution in [1.82, 2.24) is 16.0 Å². The number of rotatable bonds is 20. The van der Waals surface area contributed by atoms with E-state index in [0.29, 0.717) is 31.6 Å². The fourth-order valence-electron chi connectivity index (χ4n) is 3.16. The van der Waals surface area contributed by atoms with Crippen molar-refractivity contribution in [2.45, 2.75) is 69.1 Å². The predicted molar refractivity (Wildman–Crippen MR) is 141 cm³/mol. The molecule has 0 bridgehead atoms. The number of carbonyl (C=O) groups excluding carboxylic acids is 4. The summed E-state index contributed by atoms with van der Waals surface area (Å²) in [5.41, 5.74) is 26.8. The Morgan fingerprint density at radius 1 is 0.838 bits per heavy atom. The molecule has 212 valence electrons. The molecule has 37 heavy (non-hydrogen) atoms. The molecule has 0 aromatic heterocycles. The molecule has 0 spiro atoms. The number of thioether (sulfide) groups is 1. The highest BCUT2D eigenvalue weighted by Crippen LogP contribution is 2.07. The van der Waals surface area contributed by atoms with E-state index in [9.17, 15) is 29.1 Å². The molecule has 0 heterocycles. The first-order valence-corrected chi connectivity index (χ1v) is 13.2. The first kappa shape index (κ1) is 33.9. The van der Waals surface area contributed by atoms with Gasteiger partial charge in [0.15, 0.2) is 5.96 Å². The molecule has 4 amide bonds. The van der Waals surface area contributed by atoms with E-state index in [-0.39, 0.29) is 31.8 Å². The van der Waals surface area contributed by atoms with E-state index >= 15 is 0 Å². The van der Waals surface area contributed by atoms with Crippen molar-refractivity contribution in [3.05, 3.63) is 0 Å². The number of amides is 4. The number of aliphatic carboxylic acids is 1. The second-order valence-corrected chi connectivity index (χ2v) is 9.30. The molecule has 15 nitrogen and oxygen atoms in total. The van der Waals surface area contributed by atoms with Crippen LogP contribution in [0.15, 0.2) is 4.99 Å². The van der Waals surface area contributed by atoms with Gasteiger partial charge in [0.25, 0.3) is 0 Å². The lowest BCUT2D eigenvalue weighted by atomic mass is 10.1. The molecule has 0 saturated carbocycles. The number of primary amides is 1. The monoisotopic (exact) mass is 547 g/mol. The van der Waals surface area contributed by atoms with E-state index in [1.807, 2.05) is 6.26 Å². The second kappa shape index (κ2) is 19.1. The molecule has 0 saturated heterocycles. The van der Waals surface area contributed by atoms with Gasteiger partial charge in [-0.25, -0.2) is 4.79 Å². The lowest BCUT2D eigenvalue weighted by Gasteiger charge is -2.25. The Balaban J connectivity index is 5.55. The molecule has 0 fully saturated rings. The molecule has 4 unspecified atom stereocenters. The Bertz CT molecular complexity index is 794. The number of hydrogen-bond acceptors (Lipinski definition) is 9. The van der Waals surface area contributed by atoms with Gasteiger partial charge in [-0.05, 0) is 57.1 Å². The minimum absolute atomic E-state index is 0.0886. The van der Waals surface area contributed by atoms with E-state index in [0.717, 1.165) is 0 Å². The van der Waals surface area contributed by atoms with Crippen LogP contribution in [0, 0.1) is 0 Å². The zero-order valence-electron chi connectivity index (χ0n) is 21.1. The van der Waals surface area contributed by atoms with Gasteiger partial charge in [0.1, 0.15) is 18.1 Å². The van der Waals surface area contributed by atoms with E-state index in [1.165, 1.54) is 11.8 Å². The van der Waals surface area contributed by atoms with Gasteiger partial charge in [0, 0.05) is 6.54 Å². The van der Waals surface area contributed by atoms with Gasteiger partial charge in [-0.1, -0.05) is 0 Å². The highest BCUT2D eigenvalue weighted by molar-refractivity contribution is 7.98. The van der Waals surface area contributed by atoms with E-state index in [2.05, 4.69) is 20.9 Å². The van der Waals surface area contributed by atoms with E-state index in [4.69, 9.17) is 28.7 Å². The van der Waals surface area contributed by atoms with Crippen molar-refractivity contribution >= 4 is 47.3 Å². The third kappa shape index (κ3) is 15.6. The van der Waals surface area contributed by atoms with Crippen molar-refractivity contribution < 1.29 is 29.1 Å². The van der Waals surface area contributed by atoms with E-state index in [1.54, 1.807) is 0 Å². The zero-order valence-corrected chi connectivity index (χ0v) is 21.9. The number of nitrogens with one attached hydrogen (secondary N) is 3. The van der Waals surface area contributed by atoms with Crippen molar-refractivity contribution in [3.63, 3.8) is 0 Å². The van der Waals surface area contributed by atoms with Gasteiger partial charge in [-0.2, -0.15) is 11.8 Å². The Labute approximate surface area is 220 Å². The van der Waals surface area contributed by atoms with Gasteiger partial charge >= 0.3 is 5.97 Å². The summed E-state index contributed by atoms with van der Waals surface area (Å²) < 4.78 is 0. The largest absolute Gasteiger partial charge is 0.480 e. The predicted octanol–water partition coefficient (Wildman–Crippen LogP) is -3.34. The maximum Gasteiger partial charge on any atom is 0.326 e. The molecule has 0 aromatic rings. The summed E-state index contributed by atoms with van der Waals surface area (Å²) in [5.74, 6) is -3.77. The molecule has 4 atom stereocenters. The van der Waals surface area contributed by atoms with Crippen molar-refractivity contribution in [1.29, 1.82) is 0 Å². The highest BCUT2D eigenvalue weighted by atomic mass is 32.2. The molecular weight excluding hydrogens is 506 g/mol. The standard InChI is InChI=1S/C21H41N9O6S/c1-37-10-7-14(19(34)30-15(20(35)36)5-2-3-8-22)29-18(33)13(6-4-9-27-21(25)26)28-17(32)12(23)11-16(24)31/h12-15H,2-11,22-23H2,1H3,(H2,24,31)(H,28,32)(H,29,33)(H,30,34)(H,35,36)(H4,25,26,27). The fourth-order valence-corrected chi connectivity index (χ4v) is 3.63. The second-order valence-electron chi connectivity index (χ2n) is 8.31.